The van der Waals surface area contributed by atoms with E-state index in [1.807, 2.05) is 6.07 Å². The van der Waals surface area contributed by atoms with Crippen LogP contribution in [-0.2, 0) is 15.1 Å². The van der Waals surface area contributed by atoms with Crippen molar-refractivity contribution >= 4 is 5.91 Å². The predicted molar refractivity (Wildman–Crippen MR) is 121 cm³/mol. The molecule has 0 bridgehead atoms. The van der Waals surface area contributed by atoms with E-state index in [1.165, 1.54) is 29.2 Å². The van der Waals surface area contributed by atoms with Crippen LogP contribution in [0.15, 0.2) is 48.5 Å². The minimum absolute atomic E-state index is 0.109. The number of rotatable bonds is 4. The maximum Gasteiger partial charge on any atom is 0.430 e. The van der Waals surface area contributed by atoms with E-state index in [4.69, 9.17) is 4.74 Å². The first-order valence-corrected chi connectivity index (χ1v) is 11.6. The highest BCUT2D eigenvalue weighted by molar-refractivity contribution is 5.88. The molecule has 2 aromatic rings. The lowest BCUT2D eigenvalue weighted by Gasteiger charge is -2.50. The Labute approximate surface area is 197 Å². The third-order valence-electron chi connectivity index (χ3n) is 7.72. The summed E-state index contributed by atoms with van der Waals surface area (Å²) in [6.45, 7) is 3.41. The largest absolute Gasteiger partial charge is 0.430 e. The van der Waals surface area contributed by atoms with Gasteiger partial charge in [0.05, 0.1) is 0 Å². The summed E-state index contributed by atoms with van der Waals surface area (Å²) in [5.74, 6) is -1.44. The van der Waals surface area contributed by atoms with Gasteiger partial charge >= 0.3 is 6.18 Å². The van der Waals surface area contributed by atoms with Gasteiger partial charge in [-0.3, -0.25) is 4.79 Å². The molecule has 4 nitrogen and oxygen atoms in total. The van der Waals surface area contributed by atoms with E-state index in [0.29, 0.717) is 30.5 Å². The molecule has 8 heteroatoms. The van der Waals surface area contributed by atoms with Crippen LogP contribution in [0.4, 0.5) is 17.6 Å². The number of halogens is 4. The summed E-state index contributed by atoms with van der Waals surface area (Å²) in [5, 5.41) is 3.34. The highest BCUT2D eigenvalue weighted by Crippen LogP contribution is 2.50. The normalized spacial score (nSPS) is 22.4. The number of likely N-dealkylation sites (tertiary alicyclic amines) is 1. The van der Waals surface area contributed by atoms with Gasteiger partial charge in [-0.15, -0.1) is 0 Å². The van der Waals surface area contributed by atoms with Crippen molar-refractivity contribution in [2.75, 3.05) is 33.3 Å². The molecule has 2 atom stereocenters. The van der Waals surface area contributed by atoms with E-state index in [-0.39, 0.29) is 35.8 Å². The van der Waals surface area contributed by atoms with Crippen molar-refractivity contribution in [3.63, 3.8) is 0 Å². The predicted octanol–water partition coefficient (Wildman–Crippen LogP) is 4.92. The maximum atomic E-state index is 15.0. The highest BCUT2D eigenvalue weighted by Gasteiger charge is 2.64. The molecule has 34 heavy (non-hydrogen) atoms. The second-order valence-electron chi connectivity index (χ2n) is 9.39. The Morgan fingerprint density at radius 1 is 1.06 bits per heavy atom. The number of nitrogens with one attached hydrogen (secondary N) is 1. The first kappa shape index (κ1) is 24.7. The van der Waals surface area contributed by atoms with E-state index in [9.17, 15) is 18.0 Å². The standard InChI is InChI=1S/C26H30F4N2O2/c1-18-7-6-10-20(22(18)27)21-17-31-14-11-24(21)12-15-32(16-13-24)23(33)25(34-2,26(28,29)30)19-8-4-3-5-9-19/h3-10,21,31H,11-17H2,1-2H3/t21?,25-/m1/s1. The Balaban J connectivity index is 1.62. The van der Waals surface area contributed by atoms with Gasteiger partial charge in [-0.25, -0.2) is 4.39 Å². The molecule has 4 rings (SSSR count). The summed E-state index contributed by atoms with van der Waals surface area (Å²) < 4.78 is 63.1. The summed E-state index contributed by atoms with van der Waals surface area (Å²) in [6, 6.07) is 12.4. The monoisotopic (exact) mass is 478 g/mol. The van der Waals surface area contributed by atoms with E-state index in [2.05, 4.69) is 5.32 Å². The van der Waals surface area contributed by atoms with Crippen LogP contribution >= 0.6 is 0 Å². The van der Waals surface area contributed by atoms with Crippen molar-refractivity contribution in [1.29, 1.82) is 0 Å². The quantitative estimate of drug-likeness (QED) is 0.634. The molecule has 2 saturated heterocycles. The molecule has 1 amide bonds. The van der Waals surface area contributed by atoms with Gasteiger partial charge in [0.15, 0.2) is 0 Å². The molecule has 2 aromatic carbocycles. The number of methoxy groups -OCH3 is 1. The number of alkyl halides is 3. The fraction of sp³-hybridized carbons (Fsp3) is 0.500. The molecule has 184 valence electrons. The van der Waals surface area contributed by atoms with Gasteiger partial charge in [-0.05, 0) is 49.3 Å². The first-order valence-electron chi connectivity index (χ1n) is 11.6. The first-order chi connectivity index (χ1) is 16.2. The number of amides is 1. The number of carbonyl (C=O) groups excluding carboxylic acids is 1. The van der Waals surface area contributed by atoms with Crippen molar-refractivity contribution in [2.24, 2.45) is 5.41 Å². The molecule has 2 aliphatic heterocycles. The lowest BCUT2D eigenvalue weighted by atomic mass is 9.62. The fourth-order valence-corrected chi connectivity index (χ4v) is 5.73. The molecule has 2 fully saturated rings. The van der Waals surface area contributed by atoms with Crippen LogP contribution in [0.3, 0.4) is 0 Å². The molecule has 1 spiro atoms. The van der Waals surface area contributed by atoms with Gasteiger partial charge in [-0.2, -0.15) is 13.2 Å². The number of aryl methyl sites for hydroxylation is 1. The smallest absolute Gasteiger partial charge is 0.356 e. The van der Waals surface area contributed by atoms with Crippen molar-refractivity contribution < 1.29 is 27.1 Å². The zero-order valence-electron chi connectivity index (χ0n) is 19.4. The van der Waals surface area contributed by atoms with Gasteiger partial charge in [0.1, 0.15) is 5.82 Å². The number of benzene rings is 2. The van der Waals surface area contributed by atoms with Gasteiger partial charge in [0.2, 0.25) is 0 Å². The average molecular weight is 479 g/mol. The molecule has 0 aliphatic carbocycles. The Hall–Kier alpha value is -2.45. The van der Waals surface area contributed by atoms with Gasteiger partial charge in [0.25, 0.3) is 11.5 Å². The van der Waals surface area contributed by atoms with Crippen molar-refractivity contribution in [3.8, 4) is 0 Å². The number of nitrogens with zero attached hydrogens (tertiary/aromatic N) is 1. The Kier molecular flexibility index (Phi) is 6.75. The van der Waals surface area contributed by atoms with E-state index in [0.717, 1.165) is 20.1 Å². The van der Waals surface area contributed by atoms with Crippen LogP contribution in [0.25, 0.3) is 0 Å². The SMILES string of the molecule is CO[C@@](C(=O)N1CCC2(CCNCC2c2cccc(C)c2F)CC1)(c1ccccc1)C(F)(F)F. The summed E-state index contributed by atoms with van der Waals surface area (Å²) in [4.78, 5) is 14.7. The van der Waals surface area contributed by atoms with Crippen LogP contribution in [0, 0.1) is 18.2 Å². The Morgan fingerprint density at radius 3 is 2.35 bits per heavy atom. The highest BCUT2D eigenvalue weighted by atomic mass is 19.4. The van der Waals surface area contributed by atoms with Crippen LogP contribution in [-0.4, -0.2) is 50.3 Å². The minimum atomic E-state index is -4.93. The Bertz CT molecular complexity index is 1020. The van der Waals surface area contributed by atoms with E-state index >= 15 is 4.39 Å². The molecule has 1 unspecified atom stereocenters. The third-order valence-corrected chi connectivity index (χ3v) is 7.72. The van der Waals surface area contributed by atoms with Crippen molar-refractivity contribution in [3.05, 3.63) is 71.0 Å². The lowest BCUT2D eigenvalue weighted by Crippen LogP contribution is -2.59. The number of carbonyl (C=O) groups is 1. The number of hydrogen-bond acceptors (Lipinski definition) is 3. The summed E-state index contributed by atoms with van der Waals surface area (Å²) in [6.07, 6.45) is -3.15. The summed E-state index contributed by atoms with van der Waals surface area (Å²) in [7, 11) is 0.924. The van der Waals surface area contributed by atoms with Crippen LogP contribution in [0.1, 0.15) is 41.9 Å². The van der Waals surface area contributed by atoms with Crippen molar-refractivity contribution in [1.82, 2.24) is 10.2 Å². The molecule has 0 saturated carbocycles. The zero-order chi connectivity index (χ0) is 24.6. The summed E-state index contributed by atoms with van der Waals surface area (Å²) in [5.41, 5.74) is -2.37. The van der Waals surface area contributed by atoms with Crippen LogP contribution in [0.5, 0.6) is 0 Å². The number of piperidine rings is 2. The molecule has 0 radical (unpaired) electrons. The third kappa shape index (κ3) is 4.01. The zero-order valence-corrected chi connectivity index (χ0v) is 19.4. The second-order valence-corrected chi connectivity index (χ2v) is 9.39. The molecule has 0 aromatic heterocycles. The number of ether oxygens (including phenoxy) is 1. The molecular weight excluding hydrogens is 448 g/mol. The van der Waals surface area contributed by atoms with Crippen molar-refractivity contribution in [2.45, 2.75) is 43.9 Å². The molecule has 1 N–H and O–H groups in total. The van der Waals surface area contributed by atoms with Crippen LogP contribution in [0.2, 0.25) is 0 Å². The van der Waals surface area contributed by atoms with Gasteiger partial charge in [0, 0.05) is 38.2 Å². The van der Waals surface area contributed by atoms with E-state index in [1.54, 1.807) is 25.1 Å². The molecular formula is C26H30F4N2O2. The fourth-order valence-electron chi connectivity index (χ4n) is 5.73. The maximum absolute atomic E-state index is 15.0. The minimum Gasteiger partial charge on any atom is -0.356 e. The average Bonchev–Trinajstić information content (AvgIpc) is 2.82. The molecule has 2 aliphatic rings. The van der Waals surface area contributed by atoms with Gasteiger partial charge in [-0.1, -0.05) is 48.5 Å². The molecule has 2 heterocycles. The van der Waals surface area contributed by atoms with E-state index < -0.39 is 17.7 Å². The van der Waals surface area contributed by atoms with Gasteiger partial charge < -0.3 is 15.0 Å². The Morgan fingerprint density at radius 2 is 1.74 bits per heavy atom. The van der Waals surface area contributed by atoms with Crippen LogP contribution < -0.4 is 5.32 Å². The topological polar surface area (TPSA) is 41.6 Å². The second kappa shape index (κ2) is 9.30. The number of hydrogen-bond donors (Lipinski definition) is 1. The summed E-state index contributed by atoms with van der Waals surface area (Å²) >= 11 is 0. The lowest BCUT2D eigenvalue weighted by molar-refractivity contribution is -0.271.